The Morgan fingerprint density at radius 1 is 1.60 bits per heavy atom. The topological polar surface area (TPSA) is 49.3 Å². The van der Waals surface area contributed by atoms with Crippen LogP contribution in [0.1, 0.15) is 6.42 Å². The smallest absolute Gasteiger partial charge is 0.307 e. The molecule has 0 bridgehead atoms. The number of halogens is 1. The van der Waals surface area contributed by atoms with E-state index in [9.17, 15) is 4.79 Å². The number of carboxylic acids is 1. The monoisotopic (exact) mass is 163 g/mol. The first-order valence-electron chi connectivity index (χ1n) is 3.18. The third kappa shape index (κ3) is 0.812. The molecule has 0 radical (unpaired) electrons. The molecule has 0 amide bonds. The summed E-state index contributed by atoms with van der Waals surface area (Å²) in [4.78, 5) is 10.3. The molecule has 2 N–H and O–H groups in total. The minimum atomic E-state index is -0.614. The van der Waals surface area contributed by atoms with E-state index in [1.165, 1.54) is 0 Å². The first-order valence-corrected chi connectivity index (χ1v) is 3.18. The Labute approximate surface area is 65.2 Å². The molecule has 2 aliphatic rings. The fourth-order valence-corrected chi connectivity index (χ4v) is 1.53. The number of rotatable bonds is 1. The van der Waals surface area contributed by atoms with Gasteiger partial charge in [-0.15, -0.1) is 12.4 Å². The lowest BCUT2D eigenvalue weighted by molar-refractivity contribution is -0.139. The zero-order valence-electron chi connectivity index (χ0n) is 5.46. The number of aliphatic carboxylic acids is 1. The molecule has 1 aliphatic carbocycles. The number of hydrogen-bond donors (Lipinski definition) is 2. The highest BCUT2D eigenvalue weighted by molar-refractivity contribution is 5.85. The summed E-state index contributed by atoms with van der Waals surface area (Å²) in [6, 6.07) is 0. The number of carboxylic acid groups (broad SMARTS) is 1. The largest absolute Gasteiger partial charge is 0.481 e. The van der Waals surface area contributed by atoms with Gasteiger partial charge in [0.15, 0.2) is 0 Å². The van der Waals surface area contributed by atoms with E-state index in [1.54, 1.807) is 0 Å². The molecule has 2 rings (SSSR count). The van der Waals surface area contributed by atoms with Gasteiger partial charge in [0.05, 0.1) is 5.92 Å². The van der Waals surface area contributed by atoms with Gasteiger partial charge in [-0.2, -0.15) is 0 Å². The van der Waals surface area contributed by atoms with Crippen LogP contribution in [0.3, 0.4) is 0 Å². The fraction of sp³-hybridized carbons (Fsp3) is 0.833. The van der Waals surface area contributed by atoms with Crippen LogP contribution in [0.25, 0.3) is 0 Å². The molecule has 0 aromatic heterocycles. The molecule has 0 aromatic carbocycles. The van der Waals surface area contributed by atoms with Crippen LogP contribution in [0, 0.1) is 11.3 Å². The Hall–Kier alpha value is -0.280. The molecule has 10 heavy (non-hydrogen) atoms. The van der Waals surface area contributed by atoms with Crippen LogP contribution in [-0.4, -0.2) is 24.2 Å². The van der Waals surface area contributed by atoms with Crippen LogP contribution < -0.4 is 5.32 Å². The van der Waals surface area contributed by atoms with E-state index in [2.05, 4.69) is 5.32 Å². The van der Waals surface area contributed by atoms with Crippen LogP contribution in [0.15, 0.2) is 0 Å². The van der Waals surface area contributed by atoms with Gasteiger partial charge < -0.3 is 10.4 Å². The molecule has 58 valence electrons. The molecule has 1 saturated carbocycles. The van der Waals surface area contributed by atoms with E-state index in [4.69, 9.17) is 5.11 Å². The van der Waals surface area contributed by atoms with Crippen molar-refractivity contribution in [2.24, 2.45) is 11.3 Å². The van der Waals surface area contributed by atoms with Gasteiger partial charge in [-0.3, -0.25) is 4.79 Å². The van der Waals surface area contributed by atoms with Crippen molar-refractivity contribution in [1.29, 1.82) is 0 Å². The van der Waals surface area contributed by atoms with Gasteiger partial charge >= 0.3 is 5.97 Å². The zero-order valence-corrected chi connectivity index (χ0v) is 6.28. The van der Waals surface area contributed by atoms with Crippen molar-refractivity contribution in [3.05, 3.63) is 0 Å². The van der Waals surface area contributed by atoms with Gasteiger partial charge in [0.2, 0.25) is 0 Å². The Morgan fingerprint density at radius 3 is 2.30 bits per heavy atom. The van der Waals surface area contributed by atoms with Gasteiger partial charge in [-0.05, 0) is 6.42 Å². The molecule has 2 fully saturated rings. The summed E-state index contributed by atoms with van der Waals surface area (Å²) < 4.78 is 0. The molecule has 1 atom stereocenters. The van der Waals surface area contributed by atoms with E-state index in [0.717, 1.165) is 19.5 Å². The van der Waals surface area contributed by atoms with Crippen LogP contribution in [0.5, 0.6) is 0 Å². The molecule has 1 aliphatic heterocycles. The summed E-state index contributed by atoms with van der Waals surface area (Å²) >= 11 is 0. The Bertz CT molecular complexity index is 167. The Balaban J connectivity index is 0.000000500. The van der Waals surface area contributed by atoms with Crippen molar-refractivity contribution in [3.63, 3.8) is 0 Å². The SMILES string of the molecule is Cl.O=C(O)C1CC12CNC2. The maximum atomic E-state index is 10.3. The molecule has 1 saturated heterocycles. The van der Waals surface area contributed by atoms with Gasteiger partial charge in [-0.1, -0.05) is 0 Å². The summed E-state index contributed by atoms with van der Waals surface area (Å²) in [5, 5.41) is 11.6. The highest BCUT2D eigenvalue weighted by atomic mass is 35.5. The predicted octanol–water partition coefficient (Wildman–Crippen LogP) is 0.102. The number of hydrogen-bond acceptors (Lipinski definition) is 2. The second kappa shape index (κ2) is 2.10. The van der Waals surface area contributed by atoms with Crippen molar-refractivity contribution in [2.75, 3.05) is 13.1 Å². The minimum absolute atomic E-state index is 0. The third-order valence-electron chi connectivity index (χ3n) is 2.44. The summed E-state index contributed by atoms with van der Waals surface area (Å²) in [5.41, 5.74) is 0.200. The summed E-state index contributed by atoms with van der Waals surface area (Å²) in [7, 11) is 0. The van der Waals surface area contributed by atoms with Crippen LogP contribution >= 0.6 is 12.4 Å². The van der Waals surface area contributed by atoms with Gasteiger partial charge in [0.25, 0.3) is 0 Å². The molecule has 1 spiro atoms. The van der Waals surface area contributed by atoms with E-state index in [-0.39, 0.29) is 23.7 Å². The van der Waals surface area contributed by atoms with Gasteiger partial charge in [0.1, 0.15) is 0 Å². The highest BCUT2D eigenvalue weighted by Crippen LogP contribution is 2.55. The molecule has 4 heteroatoms. The highest BCUT2D eigenvalue weighted by Gasteiger charge is 2.61. The normalized spacial score (nSPS) is 32.2. The van der Waals surface area contributed by atoms with Gasteiger partial charge in [0, 0.05) is 18.5 Å². The third-order valence-corrected chi connectivity index (χ3v) is 2.44. The van der Waals surface area contributed by atoms with Crippen molar-refractivity contribution < 1.29 is 9.90 Å². The maximum absolute atomic E-state index is 10.3. The van der Waals surface area contributed by atoms with E-state index >= 15 is 0 Å². The number of nitrogens with one attached hydrogen (secondary N) is 1. The molecular formula is C6H10ClNO2. The molecule has 1 heterocycles. The second-order valence-electron chi connectivity index (χ2n) is 3.06. The predicted molar refractivity (Wildman–Crippen MR) is 38.3 cm³/mol. The van der Waals surface area contributed by atoms with Gasteiger partial charge in [-0.25, -0.2) is 0 Å². The van der Waals surface area contributed by atoms with Crippen LogP contribution in [0.4, 0.5) is 0 Å². The van der Waals surface area contributed by atoms with E-state index in [0.29, 0.717) is 0 Å². The van der Waals surface area contributed by atoms with E-state index in [1.807, 2.05) is 0 Å². The van der Waals surface area contributed by atoms with Crippen molar-refractivity contribution in [2.45, 2.75) is 6.42 Å². The lowest BCUT2D eigenvalue weighted by Gasteiger charge is -2.27. The average Bonchev–Trinajstić information content (AvgIpc) is 2.34. The molecule has 0 aromatic rings. The summed E-state index contributed by atoms with van der Waals surface area (Å²) in [5.74, 6) is -0.643. The molecule has 1 unspecified atom stereocenters. The van der Waals surface area contributed by atoms with E-state index < -0.39 is 5.97 Å². The lowest BCUT2D eigenvalue weighted by atomic mass is 9.97. The molecular weight excluding hydrogens is 154 g/mol. The van der Waals surface area contributed by atoms with Crippen LogP contribution in [0.2, 0.25) is 0 Å². The standard InChI is InChI=1S/C6H9NO2.ClH/c8-5(9)4-1-6(4)2-7-3-6;/h4,7H,1-3H2,(H,8,9);1H. The van der Waals surface area contributed by atoms with Crippen molar-refractivity contribution in [1.82, 2.24) is 5.32 Å². The lowest BCUT2D eigenvalue weighted by Crippen LogP contribution is -2.46. The fourth-order valence-electron chi connectivity index (χ4n) is 1.53. The van der Waals surface area contributed by atoms with Crippen molar-refractivity contribution >= 4 is 18.4 Å². The first-order chi connectivity index (χ1) is 4.25. The number of carbonyl (C=O) groups is 1. The summed E-state index contributed by atoms with van der Waals surface area (Å²) in [6.07, 6.45) is 0.898. The Kier molecular flexibility index (Phi) is 1.65. The van der Waals surface area contributed by atoms with Crippen LogP contribution in [-0.2, 0) is 4.79 Å². The van der Waals surface area contributed by atoms with Crippen molar-refractivity contribution in [3.8, 4) is 0 Å². The maximum Gasteiger partial charge on any atom is 0.307 e. The average molecular weight is 164 g/mol. The molecule has 3 nitrogen and oxygen atoms in total. The second-order valence-corrected chi connectivity index (χ2v) is 3.06. The quantitative estimate of drug-likeness (QED) is 0.577. The minimum Gasteiger partial charge on any atom is -0.481 e. The Morgan fingerprint density at radius 2 is 2.20 bits per heavy atom. The zero-order chi connectivity index (χ0) is 6.48. The summed E-state index contributed by atoms with van der Waals surface area (Å²) in [6.45, 7) is 1.84. The first kappa shape index (κ1) is 7.82.